The van der Waals surface area contributed by atoms with E-state index in [4.69, 9.17) is 5.73 Å². The molecule has 2 heterocycles. The Morgan fingerprint density at radius 1 is 0.966 bits per heavy atom. The largest absolute Gasteiger partial charge is 0.369 e. The molecule has 2 aliphatic rings. The molecular formula is C23H26FN3O2. The molecule has 0 bridgehead atoms. The first-order valence-electron chi connectivity index (χ1n) is 10.3. The van der Waals surface area contributed by atoms with Gasteiger partial charge in [-0.15, -0.1) is 0 Å². The van der Waals surface area contributed by atoms with Crippen molar-refractivity contribution in [2.45, 2.75) is 49.4 Å². The van der Waals surface area contributed by atoms with E-state index >= 15 is 0 Å². The summed E-state index contributed by atoms with van der Waals surface area (Å²) in [6.45, 7) is 0.727. The highest BCUT2D eigenvalue weighted by atomic mass is 19.1. The average molecular weight is 395 g/mol. The summed E-state index contributed by atoms with van der Waals surface area (Å²) in [5.74, 6) is -0.910. The van der Waals surface area contributed by atoms with Crippen LogP contribution in [-0.4, -0.2) is 34.8 Å². The van der Waals surface area contributed by atoms with E-state index in [1.54, 1.807) is 41.4 Å². The van der Waals surface area contributed by atoms with Crippen LogP contribution in [0.4, 0.5) is 4.39 Å². The fraction of sp³-hybridized carbons (Fsp3) is 0.435. The van der Waals surface area contributed by atoms with Gasteiger partial charge in [0.2, 0.25) is 11.8 Å². The van der Waals surface area contributed by atoms with Crippen LogP contribution in [-0.2, 0) is 20.4 Å². The van der Waals surface area contributed by atoms with Gasteiger partial charge in [-0.3, -0.25) is 14.6 Å². The van der Waals surface area contributed by atoms with E-state index < -0.39 is 16.7 Å². The highest BCUT2D eigenvalue weighted by Crippen LogP contribution is 2.45. The number of pyridine rings is 1. The van der Waals surface area contributed by atoms with Crippen molar-refractivity contribution in [3.63, 3.8) is 0 Å². The highest BCUT2D eigenvalue weighted by Gasteiger charge is 2.51. The second-order valence-electron chi connectivity index (χ2n) is 8.26. The number of piperidine rings is 1. The minimum Gasteiger partial charge on any atom is -0.369 e. The second kappa shape index (κ2) is 7.58. The zero-order chi connectivity index (χ0) is 20.5. The monoisotopic (exact) mass is 395 g/mol. The Kier molecular flexibility index (Phi) is 5.11. The Hall–Kier alpha value is -2.76. The van der Waals surface area contributed by atoms with Crippen molar-refractivity contribution in [1.29, 1.82) is 0 Å². The molecule has 0 radical (unpaired) electrons. The van der Waals surface area contributed by atoms with Gasteiger partial charge in [-0.1, -0.05) is 37.1 Å². The maximum Gasteiger partial charge on any atom is 0.233 e. The zero-order valence-electron chi connectivity index (χ0n) is 16.4. The van der Waals surface area contributed by atoms with Gasteiger partial charge in [0.05, 0.1) is 11.1 Å². The van der Waals surface area contributed by atoms with Crippen molar-refractivity contribution in [2.24, 2.45) is 5.73 Å². The summed E-state index contributed by atoms with van der Waals surface area (Å²) in [4.78, 5) is 32.5. The molecule has 2 fully saturated rings. The standard InChI is InChI=1S/C23H26FN3O2/c24-18-9-2-1-8-17(18)22(11-4-5-12-22)21(29)27-15-7-13-23(16-27,20(25)28)19-10-3-6-14-26-19/h1-3,6,8-10,14H,4-5,7,11-13,15-16H2,(H2,25,28). The van der Waals surface area contributed by atoms with E-state index in [-0.39, 0.29) is 18.3 Å². The molecule has 2 aromatic rings. The first-order chi connectivity index (χ1) is 14.0. The summed E-state index contributed by atoms with van der Waals surface area (Å²) < 4.78 is 14.7. The van der Waals surface area contributed by atoms with Crippen LogP contribution in [0.5, 0.6) is 0 Å². The number of halogens is 1. The molecule has 1 aliphatic carbocycles. The molecule has 1 saturated heterocycles. The summed E-state index contributed by atoms with van der Waals surface area (Å²) in [5.41, 5.74) is 5.03. The van der Waals surface area contributed by atoms with Gasteiger partial charge in [-0.2, -0.15) is 0 Å². The zero-order valence-corrected chi connectivity index (χ0v) is 16.4. The number of amides is 2. The molecule has 1 saturated carbocycles. The predicted molar refractivity (Wildman–Crippen MR) is 107 cm³/mol. The summed E-state index contributed by atoms with van der Waals surface area (Å²) in [6.07, 6.45) is 5.85. The Morgan fingerprint density at radius 2 is 1.66 bits per heavy atom. The Morgan fingerprint density at radius 3 is 2.31 bits per heavy atom. The van der Waals surface area contributed by atoms with Crippen LogP contribution in [0.15, 0.2) is 48.7 Å². The lowest BCUT2D eigenvalue weighted by Gasteiger charge is -2.43. The van der Waals surface area contributed by atoms with Crippen molar-refractivity contribution in [1.82, 2.24) is 9.88 Å². The molecule has 6 heteroatoms. The number of nitrogens with two attached hydrogens (primary N) is 1. The van der Waals surface area contributed by atoms with Crippen LogP contribution in [0.3, 0.4) is 0 Å². The smallest absolute Gasteiger partial charge is 0.233 e. The molecule has 152 valence electrons. The maximum atomic E-state index is 14.7. The molecule has 5 nitrogen and oxygen atoms in total. The predicted octanol–water partition coefficient (Wildman–Crippen LogP) is 3.08. The molecule has 1 aromatic carbocycles. The molecule has 1 unspecified atom stereocenters. The molecule has 1 atom stereocenters. The van der Waals surface area contributed by atoms with Crippen LogP contribution < -0.4 is 5.73 Å². The number of carbonyl (C=O) groups is 2. The Balaban J connectivity index is 1.71. The van der Waals surface area contributed by atoms with Crippen molar-refractivity contribution >= 4 is 11.8 Å². The first kappa shape index (κ1) is 19.6. The van der Waals surface area contributed by atoms with Crippen LogP contribution >= 0.6 is 0 Å². The molecule has 2 N–H and O–H groups in total. The third kappa shape index (κ3) is 3.20. The molecule has 29 heavy (non-hydrogen) atoms. The van der Waals surface area contributed by atoms with Gasteiger partial charge in [0, 0.05) is 24.8 Å². The average Bonchev–Trinajstić information content (AvgIpc) is 3.25. The summed E-state index contributed by atoms with van der Waals surface area (Å²) >= 11 is 0. The number of aromatic nitrogens is 1. The fourth-order valence-corrected chi connectivity index (χ4v) is 5.14. The third-order valence-corrected chi connectivity index (χ3v) is 6.66. The number of hydrogen-bond acceptors (Lipinski definition) is 3. The minimum absolute atomic E-state index is 0.0960. The number of hydrogen-bond donors (Lipinski definition) is 1. The lowest BCUT2D eigenvalue weighted by Crippen LogP contribution is -2.58. The van der Waals surface area contributed by atoms with Crippen molar-refractivity contribution in [3.8, 4) is 0 Å². The molecule has 2 amide bonds. The Bertz CT molecular complexity index is 911. The van der Waals surface area contributed by atoms with E-state index in [1.165, 1.54) is 6.07 Å². The van der Waals surface area contributed by atoms with Crippen LogP contribution in [0, 0.1) is 5.82 Å². The van der Waals surface area contributed by atoms with Crippen LogP contribution in [0.2, 0.25) is 0 Å². The van der Waals surface area contributed by atoms with E-state index in [0.29, 0.717) is 43.5 Å². The number of carbonyl (C=O) groups excluding carboxylic acids is 2. The van der Waals surface area contributed by atoms with Gasteiger partial charge in [0.15, 0.2) is 0 Å². The van der Waals surface area contributed by atoms with Gasteiger partial charge in [0.1, 0.15) is 11.2 Å². The van der Waals surface area contributed by atoms with Crippen molar-refractivity contribution in [3.05, 3.63) is 65.7 Å². The third-order valence-electron chi connectivity index (χ3n) is 6.66. The second-order valence-corrected chi connectivity index (χ2v) is 8.26. The SMILES string of the molecule is NC(=O)C1(c2ccccn2)CCCN(C(=O)C2(c3ccccc3F)CCCC2)C1. The topological polar surface area (TPSA) is 76.3 Å². The van der Waals surface area contributed by atoms with E-state index in [9.17, 15) is 14.0 Å². The minimum atomic E-state index is -1.01. The molecule has 0 spiro atoms. The molecule has 4 rings (SSSR count). The number of likely N-dealkylation sites (tertiary alicyclic amines) is 1. The van der Waals surface area contributed by atoms with Crippen molar-refractivity contribution in [2.75, 3.05) is 13.1 Å². The highest BCUT2D eigenvalue weighted by molar-refractivity contribution is 5.91. The van der Waals surface area contributed by atoms with Crippen molar-refractivity contribution < 1.29 is 14.0 Å². The molecule has 1 aliphatic heterocycles. The number of benzene rings is 1. The number of primary amides is 1. The lowest BCUT2D eigenvalue weighted by molar-refractivity contribution is -0.141. The quantitative estimate of drug-likeness (QED) is 0.864. The van der Waals surface area contributed by atoms with Crippen LogP contribution in [0.25, 0.3) is 0 Å². The van der Waals surface area contributed by atoms with Gasteiger partial charge in [0.25, 0.3) is 0 Å². The van der Waals surface area contributed by atoms with E-state index in [0.717, 1.165) is 12.8 Å². The first-order valence-corrected chi connectivity index (χ1v) is 10.3. The Labute approximate surface area is 170 Å². The van der Waals surface area contributed by atoms with Crippen LogP contribution in [0.1, 0.15) is 49.8 Å². The lowest BCUT2D eigenvalue weighted by atomic mass is 9.73. The maximum absolute atomic E-state index is 14.7. The normalized spacial score (nSPS) is 23.7. The van der Waals surface area contributed by atoms with Gasteiger partial charge in [-0.05, 0) is 43.9 Å². The summed E-state index contributed by atoms with van der Waals surface area (Å²) in [6, 6.07) is 12.0. The molecule has 1 aromatic heterocycles. The van der Waals surface area contributed by atoms with E-state index in [1.807, 2.05) is 6.07 Å². The van der Waals surface area contributed by atoms with Gasteiger partial charge >= 0.3 is 0 Å². The van der Waals surface area contributed by atoms with Gasteiger partial charge in [-0.25, -0.2) is 4.39 Å². The van der Waals surface area contributed by atoms with E-state index in [2.05, 4.69) is 4.98 Å². The summed E-state index contributed by atoms with van der Waals surface area (Å²) in [5, 5.41) is 0. The number of nitrogens with zero attached hydrogens (tertiary/aromatic N) is 2. The van der Waals surface area contributed by atoms with Gasteiger partial charge < -0.3 is 10.6 Å². The fourth-order valence-electron chi connectivity index (χ4n) is 5.14. The molecular weight excluding hydrogens is 369 g/mol. The number of rotatable bonds is 4. The summed E-state index contributed by atoms with van der Waals surface area (Å²) in [7, 11) is 0.